The Morgan fingerprint density at radius 2 is 1.92 bits per heavy atom. The standard InChI is InChI=1S/C9H14S.C2H6/c1-4-6-7-9(5-2)8(3)10;1-2/h4-8,10H,2H2,1,3H3;1-2H3/b6-4-,9-7-;. The molecule has 1 heteroatoms. The van der Waals surface area contributed by atoms with Gasteiger partial charge in [0.15, 0.2) is 0 Å². The molecule has 0 spiro atoms. The highest BCUT2D eigenvalue weighted by atomic mass is 32.1. The molecule has 0 aromatic heterocycles. The van der Waals surface area contributed by atoms with E-state index in [2.05, 4.69) is 19.2 Å². The monoisotopic (exact) mass is 184 g/mol. The average Bonchev–Trinajstić information content (AvgIpc) is 2.09. The molecule has 0 aliphatic carbocycles. The predicted molar refractivity (Wildman–Crippen MR) is 62.9 cm³/mol. The van der Waals surface area contributed by atoms with Crippen LogP contribution >= 0.6 is 12.6 Å². The molecule has 0 heterocycles. The van der Waals surface area contributed by atoms with Crippen LogP contribution in [0.15, 0.2) is 36.5 Å². The molecule has 0 nitrogen and oxygen atoms in total. The van der Waals surface area contributed by atoms with E-state index in [1.54, 1.807) is 0 Å². The highest BCUT2D eigenvalue weighted by molar-refractivity contribution is 7.81. The summed E-state index contributed by atoms with van der Waals surface area (Å²) in [5.41, 5.74) is 1.15. The van der Waals surface area contributed by atoms with E-state index in [9.17, 15) is 0 Å². The van der Waals surface area contributed by atoms with Crippen molar-refractivity contribution in [3.05, 3.63) is 36.5 Å². The Balaban J connectivity index is 0. The third-order valence-electron chi connectivity index (χ3n) is 1.20. The molecule has 0 saturated carbocycles. The quantitative estimate of drug-likeness (QED) is 0.497. The van der Waals surface area contributed by atoms with Gasteiger partial charge < -0.3 is 0 Å². The first-order valence-electron chi connectivity index (χ1n) is 4.35. The van der Waals surface area contributed by atoms with Crippen LogP contribution in [0.4, 0.5) is 0 Å². The number of rotatable bonds is 3. The average molecular weight is 184 g/mol. The molecule has 1 atom stereocenters. The molecule has 0 aromatic rings. The molecular weight excluding hydrogens is 164 g/mol. The molecule has 12 heavy (non-hydrogen) atoms. The second-order valence-electron chi connectivity index (χ2n) is 2.07. The third kappa shape index (κ3) is 7.67. The Morgan fingerprint density at radius 3 is 2.17 bits per heavy atom. The van der Waals surface area contributed by atoms with Crippen LogP contribution in [0.2, 0.25) is 0 Å². The van der Waals surface area contributed by atoms with Crippen LogP contribution in [-0.4, -0.2) is 5.25 Å². The van der Waals surface area contributed by atoms with Gasteiger partial charge in [-0.15, -0.1) is 0 Å². The molecule has 0 saturated heterocycles. The maximum absolute atomic E-state index is 4.27. The first-order chi connectivity index (χ1) is 5.72. The lowest BCUT2D eigenvalue weighted by Crippen LogP contribution is -1.92. The Morgan fingerprint density at radius 1 is 1.42 bits per heavy atom. The molecule has 0 aliphatic rings. The molecular formula is C11H20S. The second-order valence-corrected chi connectivity index (χ2v) is 2.85. The van der Waals surface area contributed by atoms with Crippen LogP contribution in [0.1, 0.15) is 27.7 Å². The maximum atomic E-state index is 4.27. The van der Waals surface area contributed by atoms with E-state index in [1.165, 1.54) is 0 Å². The minimum Gasteiger partial charge on any atom is -0.171 e. The van der Waals surface area contributed by atoms with Crippen LogP contribution in [0, 0.1) is 0 Å². The molecule has 0 radical (unpaired) electrons. The van der Waals surface area contributed by atoms with E-state index in [1.807, 2.05) is 52.0 Å². The minimum absolute atomic E-state index is 0.272. The van der Waals surface area contributed by atoms with Crippen molar-refractivity contribution in [1.82, 2.24) is 0 Å². The molecule has 0 aliphatic heterocycles. The molecule has 0 rings (SSSR count). The van der Waals surface area contributed by atoms with Gasteiger partial charge in [0.1, 0.15) is 0 Å². The fraction of sp³-hybridized carbons (Fsp3) is 0.455. The molecule has 0 bridgehead atoms. The Labute approximate surface area is 82.5 Å². The van der Waals surface area contributed by atoms with Crippen molar-refractivity contribution in [2.24, 2.45) is 0 Å². The van der Waals surface area contributed by atoms with E-state index in [0.717, 1.165) is 5.57 Å². The van der Waals surface area contributed by atoms with Gasteiger partial charge in [0.05, 0.1) is 0 Å². The van der Waals surface area contributed by atoms with Gasteiger partial charge in [-0.05, 0) is 19.4 Å². The van der Waals surface area contributed by atoms with Gasteiger partial charge in [-0.3, -0.25) is 0 Å². The SMILES string of the molecule is C=C/C(=C/C=C\C)C(C)S.CC. The van der Waals surface area contributed by atoms with Crippen molar-refractivity contribution in [1.29, 1.82) is 0 Å². The summed E-state index contributed by atoms with van der Waals surface area (Å²) in [6, 6.07) is 0. The first-order valence-corrected chi connectivity index (χ1v) is 4.87. The Bertz CT molecular complexity index is 152. The normalized spacial score (nSPS) is 13.6. The van der Waals surface area contributed by atoms with Crippen molar-refractivity contribution >= 4 is 12.6 Å². The van der Waals surface area contributed by atoms with Crippen LogP contribution in [0.25, 0.3) is 0 Å². The topological polar surface area (TPSA) is 0 Å². The second kappa shape index (κ2) is 10.6. The zero-order valence-electron chi connectivity index (χ0n) is 8.54. The van der Waals surface area contributed by atoms with Gasteiger partial charge in [0.2, 0.25) is 0 Å². The fourth-order valence-corrected chi connectivity index (χ4v) is 0.777. The zero-order chi connectivity index (χ0) is 9.98. The zero-order valence-corrected chi connectivity index (χ0v) is 9.44. The Kier molecular flexibility index (Phi) is 12.4. The molecule has 0 fully saturated rings. The number of hydrogen-bond donors (Lipinski definition) is 1. The summed E-state index contributed by atoms with van der Waals surface area (Å²) >= 11 is 4.27. The molecule has 0 aromatic carbocycles. The lowest BCUT2D eigenvalue weighted by atomic mass is 10.2. The molecule has 0 N–H and O–H groups in total. The Hall–Kier alpha value is -0.430. The number of allylic oxidation sites excluding steroid dienone is 4. The van der Waals surface area contributed by atoms with Crippen LogP contribution in [0.5, 0.6) is 0 Å². The fourth-order valence-electron chi connectivity index (χ4n) is 0.585. The summed E-state index contributed by atoms with van der Waals surface area (Å²) in [6.07, 6.45) is 7.83. The highest BCUT2D eigenvalue weighted by Crippen LogP contribution is 2.08. The van der Waals surface area contributed by atoms with Crippen molar-refractivity contribution in [2.75, 3.05) is 0 Å². The maximum Gasteiger partial charge on any atom is 0.0238 e. The highest BCUT2D eigenvalue weighted by Gasteiger charge is 1.95. The number of hydrogen-bond acceptors (Lipinski definition) is 1. The first kappa shape index (κ1) is 14.1. The van der Waals surface area contributed by atoms with Gasteiger partial charge in [-0.25, -0.2) is 0 Å². The van der Waals surface area contributed by atoms with Crippen molar-refractivity contribution in [3.63, 3.8) is 0 Å². The van der Waals surface area contributed by atoms with E-state index in [4.69, 9.17) is 0 Å². The van der Waals surface area contributed by atoms with Gasteiger partial charge in [0, 0.05) is 5.25 Å². The van der Waals surface area contributed by atoms with E-state index in [0.29, 0.717) is 0 Å². The number of thiol groups is 1. The summed E-state index contributed by atoms with van der Waals surface area (Å²) < 4.78 is 0. The van der Waals surface area contributed by atoms with E-state index in [-0.39, 0.29) is 5.25 Å². The lowest BCUT2D eigenvalue weighted by molar-refractivity contribution is 1.19. The van der Waals surface area contributed by atoms with Gasteiger partial charge in [0.25, 0.3) is 0 Å². The predicted octanol–water partition coefficient (Wildman–Crippen LogP) is 4.02. The van der Waals surface area contributed by atoms with Gasteiger partial charge in [-0.1, -0.05) is 44.7 Å². The molecule has 1 unspecified atom stereocenters. The smallest absolute Gasteiger partial charge is 0.0238 e. The largest absolute Gasteiger partial charge is 0.171 e. The summed E-state index contributed by atoms with van der Waals surface area (Å²) in [4.78, 5) is 0. The summed E-state index contributed by atoms with van der Waals surface area (Å²) in [5, 5.41) is 0.272. The van der Waals surface area contributed by atoms with Crippen LogP contribution < -0.4 is 0 Å². The molecule has 0 amide bonds. The third-order valence-corrected chi connectivity index (χ3v) is 1.50. The summed E-state index contributed by atoms with van der Waals surface area (Å²) in [7, 11) is 0. The van der Waals surface area contributed by atoms with E-state index >= 15 is 0 Å². The van der Waals surface area contributed by atoms with E-state index < -0.39 is 0 Å². The van der Waals surface area contributed by atoms with Crippen LogP contribution in [-0.2, 0) is 0 Å². The van der Waals surface area contributed by atoms with Crippen LogP contribution in [0.3, 0.4) is 0 Å². The molecule has 70 valence electrons. The van der Waals surface area contributed by atoms with Crippen molar-refractivity contribution in [3.8, 4) is 0 Å². The summed E-state index contributed by atoms with van der Waals surface area (Å²) in [5.74, 6) is 0. The van der Waals surface area contributed by atoms with Gasteiger partial charge in [-0.2, -0.15) is 12.6 Å². The van der Waals surface area contributed by atoms with Crippen molar-refractivity contribution < 1.29 is 0 Å². The summed E-state index contributed by atoms with van der Waals surface area (Å²) in [6.45, 7) is 11.7. The van der Waals surface area contributed by atoms with Crippen molar-refractivity contribution in [2.45, 2.75) is 32.9 Å². The lowest BCUT2D eigenvalue weighted by Gasteiger charge is -2.01. The minimum atomic E-state index is 0.272. The van der Waals surface area contributed by atoms with Gasteiger partial charge >= 0.3 is 0 Å².